The number of aromatic nitrogens is 3. The first-order chi connectivity index (χ1) is 10.6. The van der Waals surface area contributed by atoms with Crippen LogP contribution < -0.4 is 5.73 Å². The number of aliphatic carboxylic acids is 1. The van der Waals surface area contributed by atoms with Crippen molar-refractivity contribution in [2.24, 2.45) is 5.73 Å². The van der Waals surface area contributed by atoms with E-state index in [1.807, 2.05) is 6.20 Å². The van der Waals surface area contributed by atoms with Crippen LogP contribution in [0.1, 0.15) is 16.8 Å². The topological polar surface area (TPSA) is 94.0 Å². The van der Waals surface area contributed by atoms with Crippen molar-refractivity contribution in [3.63, 3.8) is 0 Å². The highest BCUT2D eigenvalue weighted by atomic mass is 19.4. The number of carboxylic acid groups (broad SMARTS) is 1. The predicted octanol–water partition coefficient (Wildman–Crippen LogP) is 1.87. The molecule has 0 aliphatic carbocycles. The molecule has 0 bridgehead atoms. The second kappa shape index (κ2) is 7.68. The van der Waals surface area contributed by atoms with E-state index < -0.39 is 12.1 Å². The van der Waals surface area contributed by atoms with Gasteiger partial charge in [0.15, 0.2) is 0 Å². The van der Waals surface area contributed by atoms with Crippen molar-refractivity contribution in [2.75, 3.05) is 0 Å². The van der Waals surface area contributed by atoms with Gasteiger partial charge in [-0.15, -0.1) is 0 Å². The van der Waals surface area contributed by atoms with Gasteiger partial charge in [-0.3, -0.25) is 9.67 Å². The standard InChI is InChI=1S/C11H13FN4.C2HF3O2/c1-8-11(12)2-9(4-14-8)6-16-7-10(3-13)5-15-16;3-2(4,5)1(6)7/h2,4-5,7H,3,6,13H2,1H3;(H,6,7). The van der Waals surface area contributed by atoms with Crippen molar-refractivity contribution in [2.45, 2.75) is 26.2 Å². The summed E-state index contributed by atoms with van der Waals surface area (Å²) in [6, 6.07) is 1.48. The van der Waals surface area contributed by atoms with Gasteiger partial charge in [0.2, 0.25) is 0 Å². The highest BCUT2D eigenvalue weighted by molar-refractivity contribution is 5.73. The van der Waals surface area contributed by atoms with Crippen LogP contribution in [0.3, 0.4) is 0 Å². The number of halogens is 4. The lowest BCUT2D eigenvalue weighted by Gasteiger charge is -2.02. The van der Waals surface area contributed by atoms with E-state index >= 15 is 0 Å². The summed E-state index contributed by atoms with van der Waals surface area (Å²) in [6.07, 6.45) is 0.123. The van der Waals surface area contributed by atoms with E-state index in [1.54, 1.807) is 24.0 Å². The van der Waals surface area contributed by atoms with Crippen LogP contribution in [-0.4, -0.2) is 32.0 Å². The minimum Gasteiger partial charge on any atom is -0.475 e. The SMILES string of the molecule is Cc1ncc(Cn2cc(CN)cn2)cc1F.O=C(O)C(F)(F)F. The fraction of sp³-hybridized carbons (Fsp3) is 0.308. The number of hydrogen-bond donors (Lipinski definition) is 2. The number of carbonyl (C=O) groups is 1. The first kappa shape index (κ1) is 18.6. The van der Waals surface area contributed by atoms with E-state index in [-0.39, 0.29) is 5.82 Å². The quantitative estimate of drug-likeness (QED) is 0.836. The molecule has 0 aliphatic heterocycles. The largest absolute Gasteiger partial charge is 0.490 e. The molecule has 0 unspecified atom stereocenters. The van der Waals surface area contributed by atoms with E-state index in [2.05, 4.69) is 10.1 Å². The molecule has 0 saturated carbocycles. The molecule has 0 aliphatic rings. The number of nitrogens with two attached hydrogens (primary N) is 1. The van der Waals surface area contributed by atoms with E-state index in [9.17, 15) is 17.6 Å². The third-order valence-corrected chi connectivity index (χ3v) is 2.59. The second-order valence-corrected chi connectivity index (χ2v) is 4.46. The smallest absolute Gasteiger partial charge is 0.475 e. The third-order valence-electron chi connectivity index (χ3n) is 2.59. The summed E-state index contributed by atoms with van der Waals surface area (Å²) in [5.41, 5.74) is 7.63. The molecule has 2 aromatic rings. The first-order valence-electron chi connectivity index (χ1n) is 6.26. The van der Waals surface area contributed by atoms with Crippen LogP contribution in [0.4, 0.5) is 17.6 Å². The number of carboxylic acids is 1. The molecule has 3 N–H and O–H groups in total. The zero-order chi connectivity index (χ0) is 17.6. The van der Waals surface area contributed by atoms with Crippen LogP contribution in [0, 0.1) is 12.7 Å². The van der Waals surface area contributed by atoms with Crippen molar-refractivity contribution in [1.29, 1.82) is 0 Å². The van der Waals surface area contributed by atoms with Crippen LogP contribution in [0.15, 0.2) is 24.7 Å². The Hall–Kier alpha value is -2.49. The van der Waals surface area contributed by atoms with E-state index in [0.717, 1.165) is 11.1 Å². The molecule has 0 atom stereocenters. The Morgan fingerprint density at radius 3 is 2.39 bits per heavy atom. The lowest BCUT2D eigenvalue weighted by Crippen LogP contribution is -2.21. The van der Waals surface area contributed by atoms with Gasteiger partial charge in [0, 0.05) is 24.5 Å². The van der Waals surface area contributed by atoms with Crippen molar-refractivity contribution in [1.82, 2.24) is 14.8 Å². The second-order valence-electron chi connectivity index (χ2n) is 4.46. The van der Waals surface area contributed by atoms with Crippen LogP contribution in [0.25, 0.3) is 0 Å². The van der Waals surface area contributed by atoms with Gasteiger partial charge in [-0.25, -0.2) is 9.18 Å². The average Bonchev–Trinajstić information content (AvgIpc) is 2.90. The zero-order valence-electron chi connectivity index (χ0n) is 12.0. The van der Waals surface area contributed by atoms with E-state index in [4.69, 9.17) is 15.6 Å². The molecule has 0 fully saturated rings. The number of hydrogen-bond acceptors (Lipinski definition) is 4. The Balaban J connectivity index is 0.000000322. The van der Waals surface area contributed by atoms with Crippen LogP contribution in [-0.2, 0) is 17.9 Å². The van der Waals surface area contributed by atoms with Crippen molar-refractivity contribution in [3.8, 4) is 0 Å². The molecule has 2 heterocycles. The Kier molecular flexibility index (Phi) is 6.19. The molecule has 2 aromatic heterocycles. The maximum Gasteiger partial charge on any atom is 0.490 e. The summed E-state index contributed by atoms with van der Waals surface area (Å²) in [5, 5.41) is 11.2. The van der Waals surface area contributed by atoms with E-state index in [1.165, 1.54) is 6.07 Å². The van der Waals surface area contributed by atoms with Gasteiger partial charge >= 0.3 is 12.1 Å². The third kappa shape index (κ3) is 6.02. The van der Waals surface area contributed by atoms with Gasteiger partial charge in [-0.1, -0.05) is 0 Å². The molecule has 126 valence electrons. The van der Waals surface area contributed by atoms with Gasteiger partial charge < -0.3 is 10.8 Å². The summed E-state index contributed by atoms with van der Waals surface area (Å²) in [6.45, 7) is 2.60. The molecule has 10 heteroatoms. The van der Waals surface area contributed by atoms with Gasteiger partial charge in [0.05, 0.1) is 18.4 Å². The lowest BCUT2D eigenvalue weighted by molar-refractivity contribution is -0.192. The van der Waals surface area contributed by atoms with Crippen LogP contribution >= 0.6 is 0 Å². The Morgan fingerprint density at radius 1 is 1.35 bits per heavy atom. The molecule has 0 aromatic carbocycles. The molecule has 0 radical (unpaired) electrons. The van der Waals surface area contributed by atoms with Gasteiger partial charge in [0.25, 0.3) is 0 Å². The van der Waals surface area contributed by atoms with Gasteiger partial charge in [0.1, 0.15) is 5.82 Å². The van der Waals surface area contributed by atoms with Crippen LogP contribution in [0.2, 0.25) is 0 Å². The maximum atomic E-state index is 13.2. The van der Waals surface area contributed by atoms with Crippen molar-refractivity contribution < 1.29 is 27.5 Å². The number of nitrogens with zero attached hydrogens (tertiary/aromatic N) is 3. The minimum absolute atomic E-state index is 0.288. The van der Waals surface area contributed by atoms with Crippen LogP contribution in [0.5, 0.6) is 0 Å². The Bertz CT molecular complexity index is 670. The van der Waals surface area contributed by atoms with Crippen molar-refractivity contribution in [3.05, 3.63) is 47.3 Å². The molecule has 2 rings (SSSR count). The molecule has 0 spiro atoms. The predicted molar refractivity (Wildman–Crippen MR) is 71.8 cm³/mol. The summed E-state index contributed by atoms with van der Waals surface area (Å²) in [7, 11) is 0. The Labute approximate surface area is 128 Å². The maximum absolute atomic E-state index is 13.2. The summed E-state index contributed by atoms with van der Waals surface area (Å²) in [5.74, 6) is -3.05. The molecule has 23 heavy (non-hydrogen) atoms. The summed E-state index contributed by atoms with van der Waals surface area (Å²) in [4.78, 5) is 12.9. The summed E-state index contributed by atoms with van der Waals surface area (Å²) < 4.78 is 46.7. The fourth-order valence-corrected chi connectivity index (χ4v) is 1.42. The molecule has 6 nitrogen and oxygen atoms in total. The molecule has 0 saturated heterocycles. The highest BCUT2D eigenvalue weighted by Crippen LogP contribution is 2.13. The minimum atomic E-state index is -5.08. The lowest BCUT2D eigenvalue weighted by atomic mass is 10.2. The number of rotatable bonds is 3. The van der Waals surface area contributed by atoms with Gasteiger partial charge in [-0.2, -0.15) is 18.3 Å². The summed E-state index contributed by atoms with van der Waals surface area (Å²) >= 11 is 0. The zero-order valence-corrected chi connectivity index (χ0v) is 12.0. The number of aryl methyl sites for hydroxylation is 1. The monoisotopic (exact) mass is 334 g/mol. The average molecular weight is 334 g/mol. The number of alkyl halides is 3. The molecular weight excluding hydrogens is 320 g/mol. The van der Waals surface area contributed by atoms with Gasteiger partial charge in [-0.05, 0) is 18.6 Å². The Morgan fingerprint density at radius 2 is 1.96 bits per heavy atom. The van der Waals surface area contributed by atoms with Crippen molar-refractivity contribution >= 4 is 5.97 Å². The van der Waals surface area contributed by atoms with E-state index in [0.29, 0.717) is 18.8 Å². The normalized spacial score (nSPS) is 10.9. The molecular formula is C13H14F4N4O2. The highest BCUT2D eigenvalue weighted by Gasteiger charge is 2.38. The first-order valence-corrected chi connectivity index (χ1v) is 6.26. The number of pyridine rings is 1. The fourth-order valence-electron chi connectivity index (χ4n) is 1.42. The molecule has 0 amide bonds.